The van der Waals surface area contributed by atoms with Gasteiger partial charge in [0, 0.05) is 38.4 Å². The number of rotatable bonds is 6. The average molecular weight is 338 g/mol. The van der Waals surface area contributed by atoms with E-state index in [-0.39, 0.29) is 5.91 Å². The highest BCUT2D eigenvalue weighted by atomic mass is 16.1. The second-order valence-corrected chi connectivity index (χ2v) is 6.32. The van der Waals surface area contributed by atoms with Gasteiger partial charge in [-0.3, -0.25) is 4.79 Å². The third kappa shape index (κ3) is 4.50. The van der Waals surface area contributed by atoms with Gasteiger partial charge < -0.3 is 15.1 Å². The summed E-state index contributed by atoms with van der Waals surface area (Å²) < 4.78 is 0. The molecule has 1 saturated heterocycles. The van der Waals surface area contributed by atoms with Crippen LogP contribution < -0.4 is 15.1 Å². The van der Waals surface area contributed by atoms with E-state index in [0.717, 1.165) is 44.7 Å². The first kappa shape index (κ1) is 17.3. The van der Waals surface area contributed by atoms with Gasteiger partial charge in [0.25, 0.3) is 5.91 Å². The van der Waals surface area contributed by atoms with Crippen LogP contribution in [-0.2, 0) is 0 Å². The highest BCUT2D eigenvalue weighted by Gasteiger charge is 2.18. The number of para-hydroxylation sites is 1. The molecule has 0 spiro atoms. The molecule has 1 aliphatic heterocycles. The number of aromatic nitrogens is 1. The summed E-state index contributed by atoms with van der Waals surface area (Å²) in [5.41, 5.74) is 2.85. The highest BCUT2D eigenvalue weighted by Crippen LogP contribution is 2.19. The fourth-order valence-corrected chi connectivity index (χ4v) is 3.04. The van der Waals surface area contributed by atoms with Crippen LogP contribution in [0.4, 0.5) is 11.4 Å². The Labute approximate surface area is 149 Å². The lowest BCUT2D eigenvalue weighted by molar-refractivity contribution is 0.0948. The smallest absolute Gasteiger partial charge is 0.269 e. The van der Waals surface area contributed by atoms with Crippen LogP contribution in [-0.4, -0.2) is 43.6 Å². The molecule has 132 valence electrons. The predicted molar refractivity (Wildman–Crippen MR) is 102 cm³/mol. The van der Waals surface area contributed by atoms with Gasteiger partial charge in [0.2, 0.25) is 0 Å². The number of nitrogens with one attached hydrogen (secondary N) is 1. The van der Waals surface area contributed by atoms with Crippen molar-refractivity contribution < 1.29 is 4.79 Å². The summed E-state index contributed by atoms with van der Waals surface area (Å²) in [6, 6.07) is 14.3. The summed E-state index contributed by atoms with van der Waals surface area (Å²) in [7, 11) is 0. The first-order valence-electron chi connectivity index (χ1n) is 9.07. The number of unbranched alkanes of at least 4 members (excludes halogenated alkanes) is 1. The molecular weight excluding hydrogens is 312 g/mol. The van der Waals surface area contributed by atoms with E-state index in [0.29, 0.717) is 12.2 Å². The summed E-state index contributed by atoms with van der Waals surface area (Å²) in [5, 5.41) is 2.90. The topological polar surface area (TPSA) is 48.5 Å². The number of nitrogens with zero attached hydrogens (tertiary/aromatic N) is 3. The molecule has 1 aliphatic rings. The van der Waals surface area contributed by atoms with E-state index in [4.69, 9.17) is 0 Å². The number of pyridine rings is 1. The van der Waals surface area contributed by atoms with Gasteiger partial charge in [0.1, 0.15) is 5.69 Å². The maximum Gasteiger partial charge on any atom is 0.269 e. The molecule has 2 aromatic rings. The first-order valence-corrected chi connectivity index (χ1v) is 9.07. The zero-order valence-corrected chi connectivity index (χ0v) is 14.8. The second-order valence-electron chi connectivity index (χ2n) is 6.32. The van der Waals surface area contributed by atoms with Crippen LogP contribution in [0.25, 0.3) is 0 Å². The van der Waals surface area contributed by atoms with Crippen molar-refractivity contribution in [1.82, 2.24) is 10.3 Å². The number of hydrogen-bond donors (Lipinski definition) is 1. The Hall–Kier alpha value is -2.56. The molecule has 1 amide bonds. The summed E-state index contributed by atoms with van der Waals surface area (Å²) in [6.45, 7) is 6.71. The normalized spacial score (nSPS) is 14.4. The molecule has 3 rings (SSSR count). The minimum atomic E-state index is -0.0890. The third-order valence-electron chi connectivity index (χ3n) is 4.56. The molecule has 5 heteroatoms. The van der Waals surface area contributed by atoms with E-state index in [1.807, 2.05) is 24.4 Å². The van der Waals surface area contributed by atoms with E-state index >= 15 is 0 Å². The molecule has 5 nitrogen and oxygen atoms in total. The Morgan fingerprint density at radius 2 is 1.68 bits per heavy atom. The van der Waals surface area contributed by atoms with E-state index < -0.39 is 0 Å². The van der Waals surface area contributed by atoms with Crippen LogP contribution in [0.5, 0.6) is 0 Å². The number of benzene rings is 1. The van der Waals surface area contributed by atoms with Crippen LogP contribution in [0.1, 0.15) is 30.3 Å². The van der Waals surface area contributed by atoms with Crippen molar-refractivity contribution in [1.29, 1.82) is 0 Å². The average Bonchev–Trinajstić information content (AvgIpc) is 2.69. The molecule has 0 unspecified atom stereocenters. The van der Waals surface area contributed by atoms with E-state index in [2.05, 4.69) is 51.3 Å². The number of anilines is 2. The summed E-state index contributed by atoms with van der Waals surface area (Å²) in [4.78, 5) is 21.1. The van der Waals surface area contributed by atoms with E-state index in [9.17, 15) is 4.79 Å². The zero-order valence-electron chi connectivity index (χ0n) is 14.8. The minimum Gasteiger partial charge on any atom is -0.368 e. The lowest BCUT2D eigenvalue weighted by Gasteiger charge is -2.37. The highest BCUT2D eigenvalue weighted by molar-refractivity contribution is 5.92. The number of piperazine rings is 1. The Balaban J connectivity index is 1.54. The molecular formula is C20H26N4O. The Bertz CT molecular complexity index is 664. The van der Waals surface area contributed by atoms with E-state index in [1.54, 1.807) is 0 Å². The van der Waals surface area contributed by atoms with Gasteiger partial charge in [-0.05, 0) is 30.7 Å². The molecule has 0 aliphatic carbocycles. The van der Waals surface area contributed by atoms with Crippen molar-refractivity contribution in [2.24, 2.45) is 0 Å². The Morgan fingerprint density at radius 3 is 2.28 bits per heavy atom. The number of hydrogen-bond acceptors (Lipinski definition) is 4. The minimum absolute atomic E-state index is 0.0890. The molecule has 0 atom stereocenters. The van der Waals surface area contributed by atoms with Gasteiger partial charge in [-0.15, -0.1) is 0 Å². The molecule has 25 heavy (non-hydrogen) atoms. The lowest BCUT2D eigenvalue weighted by atomic mass is 10.2. The van der Waals surface area contributed by atoms with Crippen molar-refractivity contribution in [3.63, 3.8) is 0 Å². The third-order valence-corrected chi connectivity index (χ3v) is 4.56. The van der Waals surface area contributed by atoms with Gasteiger partial charge in [-0.2, -0.15) is 0 Å². The van der Waals surface area contributed by atoms with Gasteiger partial charge in [0.15, 0.2) is 0 Å². The first-order chi connectivity index (χ1) is 12.3. The zero-order chi connectivity index (χ0) is 17.5. The van der Waals surface area contributed by atoms with Crippen LogP contribution in [0.15, 0.2) is 48.7 Å². The summed E-state index contributed by atoms with van der Waals surface area (Å²) in [5.74, 6) is -0.0890. The molecule has 1 aromatic heterocycles. The maximum absolute atomic E-state index is 12.0. The van der Waals surface area contributed by atoms with Crippen molar-refractivity contribution in [2.75, 3.05) is 42.5 Å². The molecule has 0 bridgehead atoms. The Kier molecular flexibility index (Phi) is 5.88. The van der Waals surface area contributed by atoms with Crippen molar-refractivity contribution in [2.45, 2.75) is 19.8 Å². The van der Waals surface area contributed by atoms with Crippen LogP contribution >= 0.6 is 0 Å². The van der Waals surface area contributed by atoms with Gasteiger partial charge in [0.05, 0.1) is 11.9 Å². The van der Waals surface area contributed by atoms with Crippen molar-refractivity contribution in [3.8, 4) is 0 Å². The quantitative estimate of drug-likeness (QED) is 0.823. The van der Waals surface area contributed by atoms with Gasteiger partial charge in [-0.25, -0.2) is 4.98 Å². The largest absolute Gasteiger partial charge is 0.368 e. The summed E-state index contributed by atoms with van der Waals surface area (Å²) in [6.07, 6.45) is 3.88. The second kappa shape index (κ2) is 8.51. The number of amides is 1. The van der Waals surface area contributed by atoms with Crippen molar-refractivity contribution >= 4 is 17.3 Å². The van der Waals surface area contributed by atoms with Crippen molar-refractivity contribution in [3.05, 3.63) is 54.4 Å². The van der Waals surface area contributed by atoms with E-state index in [1.165, 1.54) is 5.69 Å². The number of carbonyl (C=O) groups excluding carboxylic acids is 1. The fraction of sp³-hybridized carbons (Fsp3) is 0.400. The monoisotopic (exact) mass is 338 g/mol. The Morgan fingerprint density at radius 1 is 1.00 bits per heavy atom. The van der Waals surface area contributed by atoms with Gasteiger partial charge >= 0.3 is 0 Å². The standard InChI is InChI=1S/C20H26N4O/c1-2-3-11-21-20(25)19-10-9-18(16-22-19)24-14-12-23(13-15-24)17-7-5-4-6-8-17/h4-10,16H,2-3,11-15H2,1H3,(H,21,25). The molecule has 1 N–H and O–H groups in total. The molecule has 0 radical (unpaired) electrons. The van der Waals surface area contributed by atoms with Crippen LogP contribution in [0.2, 0.25) is 0 Å². The molecule has 1 aromatic carbocycles. The fourth-order valence-electron chi connectivity index (χ4n) is 3.04. The number of carbonyl (C=O) groups is 1. The molecule has 2 heterocycles. The SMILES string of the molecule is CCCCNC(=O)c1ccc(N2CCN(c3ccccc3)CC2)cn1. The molecule has 0 saturated carbocycles. The van der Waals surface area contributed by atoms with Crippen LogP contribution in [0, 0.1) is 0 Å². The predicted octanol–water partition coefficient (Wildman–Crippen LogP) is 2.94. The lowest BCUT2D eigenvalue weighted by Crippen LogP contribution is -2.46. The van der Waals surface area contributed by atoms with Gasteiger partial charge in [-0.1, -0.05) is 31.5 Å². The summed E-state index contributed by atoms with van der Waals surface area (Å²) >= 11 is 0. The maximum atomic E-state index is 12.0. The van der Waals surface area contributed by atoms with Crippen LogP contribution in [0.3, 0.4) is 0 Å². The molecule has 1 fully saturated rings.